The molecule has 3 aromatic rings. The Morgan fingerprint density at radius 3 is 2.56 bits per heavy atom. The first-order chi connectivity index (χ1) is 16.6. The Labute approximate surface area is 200 Å². The second-order valence-corrected chi connectivity index (χ2v) is 9.23. The minimum absolute atomic E-state index is 0.150. The Balaban J connectivity index is 1.44. The van der Waals surface area contributed by atoms with Gasteiger partial charge in [-0.1, -0.05) is 30.3 Å². The van der Waals surface area contributed by atoms with Gasteiger partial charge in [0.05, 0.1) is 25.0 Å². The van der Waals surface area contributed by atoms with Gasteiger partial charge in [-0.2, -0.15) is 0 Å². The van der Waals surface area contributed by atoms with Crippen molar-refractivity contribution in [2.45, 2.75) is 25.4 Å². The number of anilines is 1. The van der Waals surface area contributed by atoms with E-state index in [1.807, 2.05) is 6.07 Å². The Bertz CT molecular complexity index is 1180. The number of carbonyl (C=O) groups excluding carboxylic acids is 3. The number of carbonyl (C=O) groups is 3. The third-order valence-electron chi connectivity index (χ3n) is 5.97. The number of nitrogens with zero attached hydrogens (tertiary/aromatic N) is 1. The molecule has 0 spiro atoms. The fourth-order valence-electron chi connectivity index (χ4n) is 4.29. The smallest absolute Gasteiger partial charge is 0.342 e. The van der Waals surface area contributed by atoms with E-state index in [9.17, 15) is 14.4 Å². The second-order valence-electron chi connectivity index (χ2n) is 8.13. The van der Waals surface area contributed by atoms with Crippen LogP contribution in [0.5, 0.6) is 0 Å². The summed E-state index contributed by atoms with van der Waals surface area (Å²) in [4.78, 5) is 42.2. The van der Waals surface area contributed by atoms with Gasteiger partial charge >= 0.3 is 5.97 Å². The van der Waals surface area contributed by atoms with Gasteiger partial charge in [-0.3, -0.25) is 9.59 Å². The zero-order valence-electron chi connectivity index (χ0n) is 18.5. The number of thiophene rings is 1. The quantitative estimate of drug-likeness (QED) is 0.539. The van der Waals surface area contributed by atoms with E-state index in [0.29, 0.717) is 42.4 Å². The zero-order valence-corrected chi connectivity index (χ0v) is 19.3. The van der Waals surface area contributed by atoms with Gasteiger partial charge in [0.2, 0.25) is 6.10 Å². The van der Waals surface area contributed by atoms with Crippen molar-refractivity contribution in [1.29, 1.82) is 0 Å². The maximum absolute atomic E-state index is 13.5. The molecular weight excluding hydrogens is 456 g/mol. The summed E-state index contributed by atoms with van der Waals surface area (Å²) in [5.74, 6) is -1.19. The molecule has 1 aliphatic heterocycles. The first-order valence-electron chi connectivity index (χ1n) is 11.2. The number of furan rings is 1. The van der Waals surface area contributed by atoms with Crippen LogP contribution in [0.3, 0.4) is 0 Å². The average Bonchev–Trinajstić information content (AvgIpc) is 3.61. The lowest BCUT2D eigenvalue weighted by atomic mass is 10.1. The van der Waals surface area contributed by atoms with E-state index < -0.39 is 18.0 Å². The number of nitrogens with one attached hydrogen (secondary N) is 1. The van der Waals surface area contributed by atoms with Crippen molar-refractivity contribution in [2.24, 2.45) is 0 Å². The molecule has 9 heteroatoms. The predicted molar refractivity (Wildman–Crippen MR) is 125 cm³/mol. The molecule has 0 bridgehead atoms. The Morgan fingerprint density at radius 1 is 1.03 bits per heavy atom. The first kappa shape index (κ1) is 22.4. The van der Waals surface area contributed by atoms with Gasteiger partial charge in [-0.15, -0.1) is 11.3 Å². The molecular formula is C25H24N2O6S. The molecule has 176 valence electrons. The fraction of sp³-hybridized carbons (Fsp3) is 0.320. The molecule has 2 amide bonds. The third-order valence-corrected chi connectivity index (χ3v) is 7.18. The lowest BCUT2D eigenvalue weighted by Crippen LogP contribution is -2.44. The van der Waals surface area contributed by atoms with Gasteiger partial charge in [-0.05, 0) is 37.0 Å². The van der Waals surface area contributed by atoms with Crippen LogP contribution in [-0.4, -0.2) is 49.0 Å². The predicted octanol–water partition coefficient (Wildman–Crippen LogP) is 3.84. The van der Waals surface area contributed by atoms with E-state index in [4.69, 9.17) is 13.9 Å². The van der Waals surface area contributed by atoms with Crippen molar-refractivity contribution in [3.63, 3.8) is 0 Å². The number of amides is 2. The molecule has 1 fully saturated rings. The number of rotatable bonds is 6. The van der Waals surface area contributed by atoms with Gasteiger partial charge in [0, 0.05) is 23.5 Å². The van der Waals surface area contributed by atoms with Crippen LogP contribution < -0.4 is 5.32 Å². The number of morpholine rings is 1. The minimum atomic E-state index is -1.09. The first-order valence-corrected chi connectivity index (χ1v) is 12.1. The summed E-state index contributed by atoms with van der Waals surface area (Å²) in [5, 5.41) is 3.22. The minimum Gasteiger partial charge on any atom is -0.459 e. The molecule has 3 heterocycles. The molecule has 5 rings (SSSR count). The summed E-state index contributed by atoms with van der Waals surface area (Å²) in [6.45, 7) is 1.78. The van der Waals surface area contributed by atoms with Gasteiger partial charge in [0.25, 0.3) is 11.8 Å². The van der Waals surface area contributed by atoms with Crippen molar-refractivity contribution in [2.75, 3.05) is 31.6 Å². The maximum Gasteiger partial charge on any atom is 0.342 e. The summed E-state index contributed by atoms with van der Waals surface area (Å²) < 4.78 is 16.4. The van der Waals surface area contributed by atoms with Crippen LogP contribution in [0, 0.1) is 0 Å². The molecule has 8 nitrogen and oxygen atoms in total. The van der Waals surface area contributed by atoms with Crippen LogP contribution in [0.2, 0.25) is 0 Å². The molecule has 1 aromatic carbocycles. The number of hydrogen-bond donors (Lipinski definition) is 1. The van der Waals surface area contributed by atoms with Gasteiger partial charge < -0.3 is 24.1 Å². The monoisotopic (exact) mass is 480 g/mol. The highest BCUT2D eigenvalue weighted by Gasteiger charge is 2.34. The lowest BCUT2D eigenvalue weighted by molar-refractivity contribution is -0.145. The highest BCUT2D eigenvalue weighted by molar-refractivity contribution is 7.17. The highest BCUT2D eigenvalue weighted by Crippen LogP contribution is 2.40. The van der Waals surface area contributed by atoms with Crippen LogP contribution in [0.25, 0.3) is 0 Å². The van der Waals surface area contributed by atoms with Crippen LogP contribution in [0.15, 0.2) is 53.1 Å². The van der Waals surface area contributed by atoms with E-state index in [1.165, 1.54) is 17.6 Å². The van der Waals surface area contributed by atoms with E-state index >= 15 is 0 Å². The average molecular weight is 481 g/mol. The molecule has 34 heavy (non-hydrogen) atoms. The highest BCUT2D eigenvalue weighted by atomic mass is 32.1. The lowest BCUT2D eigenvalue weighted by Gasteiger charge is -2.30. The van der Waals surface area contributed by atoms with Crippen molar-refractivity contribution in [1.82, 2.24) is 4.90 Å². The van der Waals surface area contributed by atoms with Gasteiger partial charge in [0.15, 0.2) is 5.76 Å². The molecule has 1 N–H and O–H groups in total. The number of fused-ring (bicyclic) bond motifs is 1. The number of ether oxygens (including phenoxy) is 2. The van der Waals surface area contributed by atoms with Crippen LogP contribution in [0.4, 0.5) is 5.00 Å². The third kappa shape index (κ3) is 4.49. The second kappa shape index (κ2) is 9.82. The van der Waals surface area contributed by atoms with E-state index in [0.717, 1.165) is 29.7 Å². The SMILES string of the molecule is O=C(Nc1sc2c(c1C(=O)O[C@H](C(=O)N1CCOCC1)c1ccccc1)CCC2)c1ccco1. The number of esters is 1. The van der Waals surface area contributed by atoms with E-state index in [2.05, 4.69) is 5.32 Å². The molecule has 1 atom stereocenters. The fourth-order valence-corrected chi connectivity index (χ4v) is 5.56. The van der Waals surface area contributed by atoms with Crippen molar-refractivity contribution in [3.05, 3.63) is 76.1 Å². The Hall–Kier alpha value is -3.43. The maximum atomic E-state index is 13.5. The van der Waals surface area contributed by atoms with Crippen LogP contribution in [-0.2, 0) is 27.1 Å². The number of hydrogen-bond acceptors (Lipinski definition) is 7. The van der Waals surface area contributed by atoms with Crippen LogP contribution >= 0.6 is 11.3 Å². The van der Waals surface area contributed by atoms with E-state index in [-0.39, 0.29) is 11.7 Å². The summed E-state index contributed by atoms with van der Waals surface area (Å²) in [6, 6.07) is 12.2. The molecule has 0 saturated carbocycles. The molecule has 1 aliphatic carbocycles. The molecule has 0 unspecified atom stereocenters. The van der Waals surface area contributed by atoms with Gasteiger partial charge in [-0.25, -0.2) is 4.79 Å². The topological polar surface area (TPSA) is 98.1 Å². The molecule has 2 aromatic heterocycles. The summed E-state index contributed by atoms with van der Waals surface area (Å²) in [7, 11) is 0. The molecule has 1 saturated heterocycles. The van der Waals surface area contributed by atoms with Crippen molar-refractivity contribution in [3.8, 4) is 0 Å². The zero-order chi connectivity index (χ0) is 23.5. The Morgan fingerprint density at radius 2 is 1.82 bits per heavy atom. The van der Waals surface area contributed by atoms with Crippen molar-refractivity contribution < 1.29 is 28.3 Å². The Kier molecular flexibility index (Phi) is 6.46. The summed E-state index contributed by atoms with van der Waals surface area (Å²) in [5.41, 5.74) is 1.81. The molecule has 0 radical (unpaired) electrons. The van der Waals surface area contributed by atoms with Gasteiger partial charge in [0.1, 0.15) is 5.00 Å². The summed E-state index contributed by atoms with van der Waals surface area (Å²) >= 11 is 1.38. The number of aryl methyl sites for hydroxylation is 1. The molecule has 2 aliphatic rings. The largest absolute Gasteiger partial charge is 0.459 e. The number of benzene rings is 1. The standard InChI is InChI=1S/C25H24N2O6S/c28-22(18-9-5-13-32-18)26-23-20(17-8-4-10-19(17)34-23)25(30)33-21(16-6-2-1-3-7-16)24(29)27-11-14-31-15-12-27/h1-3,5-7,9,13,21H,4,8,10-12,14-15H2,(H,26,28)/t21-/m0/s1. The van der Waals surface area contributed by atoms with Crippen LogP contribution in [0.1, 0.15) is 49.4 Å². The summed E-state index contributed by atoms with van der Waals surface area (Å²) in [6.07, 6.45) is 2.83. The van der Waals surface area contributed by atoms with Crippen molar-refractivity contribution >= 4 is 34.1 Å². The normalized spacial score (nSPS) is 16.1. The van der Waals surface area contributed by atoms with E-state index in [1.54, 1.807) is 41.3 Å².